The third-order valence-electron chi connectivity index (χ3n) is 4.17. The Balaban J connectivity index is 1.78. The summed E-state index contributed by atoms with van der Waals surface area (Å²) in [5.41, 5.74) is 2.12. The van der Waals surface area contributed by atoms with Gasteiger partial charge in [0.2, 0.25) is 5.95 Å². The number of nitrogens with one attached hydrogen (secondary N) is 2. The Bertz CT molecular complexity index is 668. The fourth-order valence-electron chi connectivity index (χ4n) is 2.45. The Kier molecular flexibility index (Phi) is 5.18. The number of benzene rings is 1. The summed E-state index contributed by atoms with van der Waals surface area (Å²) >= 11 is 0. The van der Waals surface area contributed by atoms with Gasteiger partial charge in [0.1, 0.15) is 11.6 Å². The van der Waals surface area contributed by atoms with Crippen molar-refractivity contribution in [2.24, 2.45) is 0 Å². The molecule has 0 amide bonds. The summed E-state index contributed by atoms with van der Waals surface area (Å²) in [5, 5.41) is 6.77. The summed E-state index contributed by atoms with van der Waals surface area (Å²) in [5.74, 6) is 3.01. The lowest BCUT2D eigenvalue weighted by molar-refractivity contribution is 0.340. The Labute approximate surface area is 143 Å². The lowest BCUT2D eigenvalue weighted by atomic mass is 10.2. The first-order valence-electron chi connectivity index (χ1n) is 8.83. The summed E-state index contributed by atoms with van der Waals surface area (Å²) in [6, 6.07) is 10.4. The van der Waals surface area contributed by atoms with Crippen LogP contribution in [0.15, 0.2) is 30.3 Å². The molecule has 1 saturated carbocycles. The molecule has 5 nitrogen and oxygen atoms in total. The molecule has 0 aliphatic heterocycles. The molecule has 0 saturated heterocycles. The molecule has 24 heavy (non-hydrogen) atoms. The molecule has 1 aliphatic rings. The molecule has 2 N–H and O–H groups in total. The minimum atomic E-state index is 0.359. The van der Waals surface area contributed by atoms with Crippen LogP contribution in [-0.4, -0.2) is 22.6 Å². The number of anilines is 3. The van der Waals surface area contributed by atoms with Gasteiger partial charge in [-0.3, -0.25) is 0 Å². The van der Waals surface area contributed by atoms with E-state index >= 15 is 0 Å². The van der Waals surface area contributed by atoms with Crippen LogP contribution in [0.1, 0.15) is 51.6 Å². The molecule has 1 aromatic heterocycles. The first kappa shape index (κ1) is 16.6. The Morgan fingerprint density at radius 3 is 2.54 bits per heavy atom. The van der Waals surface area contributed by atoms with Gasteiger partial charge in [0.05, 0.1) is 12.3 Å². The van der Waals surface area contributed by atoms with E-state index in [4.69, 9.17) is 4.74 Å². The van der Waals surface area contributed by atoms with E-state index in [1.807, 2.05) is 31.2 Å². The van der Waals surface area contributed by atoms with Crippen LogP contribution in [0, 0.1) is 0 Å². The molecule has 1 aromatic carbocycles. The molecule has 0 unspecified atom stereocenters. The predicted molar refractivity (Wildman–Crippen MR) is 98.3 cm³/mol. The summed E-state index contributed by atoms with van der Waals surface area (Å²) in [6.45, 7) is 6.96. The van der Waals surface area contributed by atoms with Crippen molar-refractivity contribution >= 4 is 17.5 Å². The molecule has 128 valence electrons. The van der Waals surface area contributed by atoms with Crippen LogP contribution in [0.3, 0.4) is 0 Å². The maximum atomic E-state index is 5.48. The van der Waals surface area contributed by atoms with Crippen LogP contribution in [-0.2, 0) is 0 Å². The molecule has 1 heterocycles. The molecule has 1 atom stereocenters. The average Bonchev–Trinajstić information content (AvgIpc) is 3.41. The second-order valence-electron chi connectivity index (χ2n) is 6.31. The van der Waals surface area contributed by atoms with E-state index in [2.05, 4.69) is 40.5 Å². The fourth-order valence-corrected chi connectivity index (χ4v) is 2.45. The Hall–Kier alpha value is -2.30. The first-order chi connectivity index (χ1) is 11.7. The molecule has 0 radical (unpaired) electrons. The SMILES string of the molecule is CCOc1ccc(Nc2cc(C3CC3)nc(N[C@@H](C)CC)n2)cc1. The van der Waals surface area contributed by atoms with Gasteiger partial charge in [-0.15, -0.1) is 0 Å². The number of rotatable bonds is 8. The van der Waals surface area contributed by atoms with E-state index in [0.29, 0.717) is 24.5 Å². The average molecular weight is 326 g/mol. The number of hydrogen-bond donors (Lipinski definition) is 2. The highest BCUT2D eigenvalue weighted by Gasteiger charge is 2.26. The van der Waals surface area contributed by atoms with Crippen molar-refractivity contribution in [2.45, 2.75) is 52.0 Å². The lowest BCUT2D eigenvalue weighted by Gasteiger charge is -2.14. The third kappa shape index (κ3) is 4.37. The van der Waals surface area contributed by atoms with Gasteiger partial charge >= 0.3 is 0 Å². The van der Waals surface area contributed by atoms with Crippen molar-refractivity contribution in [3.05, 3.63) is 36.0 Å². The monoisotopic (exact) mass is 326 g/mol. The summed E-state index contributed by atoms with van der Waals surface area (Å²) in [4.78, 5) is 9.30. The van der Waals surface area contributed by atoms with Crippen molar-refractivity contribution in [1.29, 1.82) is 0 Å². The highest BCUT2D eigenvalue weighted by molar-refractivity contribution is 5.59. The van der Waals surface area contributed by atoms with Gasteiger partial charge in [-0.05, 0) is 57.4 Å². The van der Waals surface area contributed by atoms with E-state index in [1.165, 1.54) is 12.8 Å². The second kappa shape index (κ2) is 7.51. The van der Waals surface area contributed by atoms with Crippen molar-refractivity contribution in [2.75, 3.05) is 17.2 Å². The maximum absolute atomic E-state index is 5.48. The Morgan fingerprint density at radius 2 is 1.92 bits per heavy atom. The zero-order chi connectivity index (χ0) is 16.9. The van der Waals surface area contributed by atoms with Gasteiger partial charge in [-0.2, -0.15) is 4.98 Å². The molecular weight excluding hydrogens is 300 g/mol. The van der Waals surface area contributed by atoms with Crippen LogP contribution in [0.25, 0.3) is 0 Å². The molecule has 0 spiro atoms. The molecule has 3 rings (SSSR count). The maximum Gasteiger partial charge on any atom is 0.225 e. The summed E-state index contributed by atoms with van der Waals surface area (Å²) in [7, 11) is 0. The number of hydrogen-bond acceptors (Lipinski definition) is 5. The number of nitrogens with zero attached hydrogens (tertiary/aromatic N) is 2. The summed E-state index contributed by atoms with van der Waals surface area (Å²) < 4.78 is 5.48. The number of ether oxygens (including phenoxy) is 1. The van der Waals surface area contributed by atoms with Crippen molar-refractivity contribution in [3.63, 3.8) is 0 Å². The molecule has 2 aromatic rings. The van der Waals surface area contributed by atoms with Gasteiger partial charge < -0.3 is 15.4 Å². The first-order valence-corrected chi connectivity index (χ1v) is 8.83. The van der Waals surface area contributed by atoms with Gasteiger partial charge in [-0.1, -0.05) is 6.92 Å². The summed E-state index contributed by atoms with van der Waals surface area (Å²) in [6.07, 6.45) is 3.49. The minimum absolute atomic E-state index is 0.359. The molecule has 1 fully saturated rings. The van der Waals surface area contributed by atoms with Crippen molar-refractivity contribution in [1.82, 2.24) is 9.97 Å². The second-order valence-corrected chi connectivity index (χ2v) is 6.31. The van der Waals surface area contributed by atoms with E-state index < -0.39 is 0 Å². The van der Waals surface area contributed by atoms with Crippen LogP contribution < -0.4 is 15.4 Å². The van der Waals surface area contributed by atoms with E-state index in [-0.39, 0.29) is 0 Å². The van der Waals surface area contributed by atoms with Crippen molar-refractivity contribution in [3.8, 4) is 5.75 Å². The minimum Gasteiger partial charge on any atom is -0.494 e. The standard InChI is InChI=1S/C19H26N4O/c1-4-13(3)20-19-22-17(14-6-7-14)12-18(23-19)21-15-8-10-16(11-9-15)24-5-2/h8-14H,4-7H2,1-3H3,(H2,20,21,22,23)/t13-/m0/s1. The zero-order valence-corrected chi connectivity index (χ0v) is 14.7. The molecular formula is C19H26N4O. The topological polar surface area (TPSA) is 59.1 Å². The van der Waals surface area contributed by atoms with Gasteiger partial charge in [0.25, 0.3) is 0 Å². The van der Waals surface area contributed by atoms with Gasteiger partial charge in [-0.25, -0.2) is 4.98 Å². The van der Waals surface area contributed by atoms with Crippen LogP contribution >= 0.6 is 0 Å². The van der Waals surface area contributed by atoms with Crippen LogP contribution in [0.5, 0.6) is 5.75 Å². The molecule has 0 bridgehead atoms. The largest absolute Gasteiger partial charge is 0.494 e. The fraction of sp³-hybridized carbons (Fsp3) is 0.474. The van der Waals surface area contributed by atoms with Gasteiger partial charge in [0, 0.05) is 23.7 Å². The van der Waals surface area contributed by atoms with E-state index in [9.17, 15) is 0 Å². The predicted octanol–water partition coefficient (Wildman–Crippen LogP) is 4.71. The highest BCUT2D eigenvalue weighted by Crippen LogP contribution is 2.40. The zero-order valence-electron chi connectivity index (χ0n) is 14.7. The van der Waals surface area contributed by atoms with Gasteiger partial charge in [0.15, 0.2) is 0 Å². The van der Waals surface area contributed by atoms with Crippen LogP contribution in [0.4, 0.5) is 17.5 Å². The third-order valence-corrected chi connectivity index (χ3v) is 4.17. The van der Waals surface area contributed by atoms with E-state index in [1.54, 1.807) is 0 Å². The Morgan fingerprint density at radius 1 is 1.17 bits per heavy atom. The quantitative estimate of drug-likeness (QED) is 0.736. The molecule has 5 heteroatoms. The highest BCUT2D eigenvalue weighted by atomic mass is 16.5. The normalized spacial score (nSPS) is 15.0. The van der Waals surface area contributed by atoms with Crippen molar-refractivity contribution < 1.29 is 4.74 Å². The molecule has 1 aliphatic carbocycles. The lowest BCUT2D eigenvalue weighted by Crippen LogP contribution is -2.16. The van der Waals surface area contributed by atoms with Crippen LogP contribution in [0.2, 0.25) is 0 Å². The number of aromatic nitrogens is 2. The smallest absolute Gasteiger partial charge is 0.225 e. The van der Waals surface area contributed by atoms with E-state index in [0.717, 1.165) is 29.4 Å².